The molecule has 184 valence electrons. The quantitative estimate of drug-likeness (QED) is 0.349. The molecule has 1 aliphatic rings. The van der Waals surface area contributed by atoms with Gasteiger partial charge in [0.2, 0.25) is 0 Å². The van der Waals surface area contributed by atoms with E-state index in [-0.39, 0.29) is 12.6 Å². The zero-order valence-corrected chi connectivity index (χ0v) is 20.3. The number of pyridine rings is 1. The Morgan fingerprint density at radius 1 is 0.944 bits per heavy atom. The fourth-order valence-electron chi connectivity index (χ4n) is 4.27. The highest BCUT2D eigenvalue weighted by Crippen LogP contribution is 2.18. The van der Waals surface area contributed by atoms with Crippen LogP contribution in [0.1, 0.15) is 22.6 Å². The van der Waals surface area contributed by atoms with E-state index in [4.69, 9.17) is 0 Å². The van der Waals surface area contributed by atoms with E-state index in [2.05, 4.69) is 64.7 Å². The maximum absolute atomic E-state index is 9.41. The lowest BCUT2D eigenvalue weighted by molar-refractivity contribution is 0.143. The summed E-state index contributed by atoms with van der Waals surface area (Å²) in [6, 6.07) is 18.2. The number of nitrogens with one attached hydrogen (secondary N) is 2. The molecule has 36 heavy (non-hydrogen) atoms. The van der Waals surface area contributed by atoms with Gasteiger partial charge in [0.15, 0.2) is 5.82 Å². The second kappa shape index (κ2) is 11.3. The van der Waals surface area contributed by atoms with Crippen molar-refractivity contribution >= 4 is 11.6 Å². The van der Waals surface area contributed by atoms with E-state index < -0.39 is 0 Å². The van der Waals surface area contributed by atoms with Crippen LogP contribution in [0.3, 0.4) is 0 Å². The largest absolute Gasteiger partial charge is 0.395 e. The Morgan fingerprint density at radius 2 is 1.72 bits per heavy atom. The number of hydrogen-bond acceptors (Lipinski definition) is 9. The number of aryl methyl sites for hydroxylation is 1. The van der Waals surface area contributed by atoms with E-state index in [0.717, 1.165) is 49.0 Å². The van der Waals surface area contributed by atoms with E-state index >= 15 is 0 Å². The third-order valence-electron chi connectivity index (χ3n) is 6.09. The molecule has 0 saturated carbocycles. The number of piperazine rings is 1. The molecular weight excluding hydrogens is 452 g/mol. The summed E-state index contributed by atoms with van der Waals surface area (Å²) in [7, 11) is 0. The molecule has 0 amide bonds. The molecule has 1 atom stereocenters. The van der Waals surface area contributed by atoms with Gasteiger partial charge in [0, 0.05) is 56.7 Å². The minimum atomic E-state index is 0.157. The van der Waals surface area contributed by atoms with Gasteiger partial charge in [-0.15, -0.1) is 0 Å². The van der Waals surface area contributed by atoms with Crippen LogP contribution in [0.5, 0.6) is 0 Å². The van der Waals surface area contributed by atoms with Crippen LogP contribution < -0.4 is 10.6 Å². The number of rotatable bonds is 8. The average Bonchev–Trinajstić information content (AvgIpc) is 2.90. The van der Waals surface area contributed by atoms with Gasteiger partial charge in [0.1, 0.15) is 23.2 Å². The molecule has 3 N–H and O–H groups in total. The summed E-state index contributed by atoms with van der Waals surface area (Å²) in [4.78, 5) is 25.0. The van der Waals surface area contributed by atoms with E-state index in [9.17, 15) is 5.11 Å². The Bertz CT molecular complexity index is 1300. The lowest BCUT2D eigenvalue weighted by Gasteiger charge is -2.32. The molecule has 1 aliphatic heterocycles. The highest BCUT2D eigenvalue weighted by molar-refractivity contribution is 5.56. The average molecular weight is 483 g/mol. The Hall–Kier alpha value is -3.79. The summed E-state index contributed by atoms with van der Waals surface area (Å²) >= 11 is 0. The number of benzene rings is 1. The monoisotopic (exact) mass is 482 g/mol. The summed E-state index contributed by atoms with van der Waals surface area (Å²) in [6.07, 6.45) is 4.10. The highest BCUT2D eigenvalue weighted by Gasteiger charge is 2.18. The first-order valence-electron chi connectivity index (χ1n) is 12.1. The summed E-state index contributed by atoms with van der Waals surface area (Å²) < 4.78 is 0. The smallest absolute Gasteiger partial charge is 0.180 e. The summed E-state index contributed by atoms with van der Waals surface area (Å²) in [5, 5.41) is 16.0. The number of anilines is 2. The van der Waals surface area contributed by atoms with E-state index in [1.54, 1.807) is 18.5 Å². The van der Waals surface area contributed by atoms with Crippen LogP contribution in [0.25, 0.3) is 11.5 Å². The molecular formula is C27H30N8O. The molecule has 3 aromatic heterocycles. The SMILES string of the molecule is Cc1cccc(-c2nccc(Nc3ccnc(Cc4ccc(CN5CCN[C@H](CO)C5)cc4)n3)n2)n1. The first kappa shape index (κ1) is 23.9. The maximum Gasteiger partial charge on any atom is 0.180 e. The van der Waals surface area contributed by atoms with Gasteiger partial charge in [-0.3, -0.25) is 4.90 Å². The van der Waals surface area contributed by atoms with Gasteiger partial charge in [-0.05, 0) is 42.3 Å². The summed E-state index contributed by atoms with van der Waals surface area (Å²) in [6.45, 7) is 5.76. The van der Waals surface area contributed by atoms with Gasteiger partial charge in [-0.25, -0.2) is 24.9 Å². The lowest BCUT2D eigenvalue weighted by atomic mass is 10.1. The zero-order chi connectivity index (χ0) is 24.7. The fraction of sp³-hybridized carbons (Fsp3) is 0.296. The van der Waals surface area contributed by atoms with Gasteiger partial charge in [-0.2, -0.15) is 0 Å². The van der Waals surface area contributed by atoms with Crippen molar-refractivity contribution in [1.82, 2.24) is 35.1 Å². The number of aromatic nitrogens is 5. The molecule has 0 bridgehead atoms. The Balaban J connectivity index is 1.22. The first-order chi connectivity index (χ1) is 17.6. The van der Waals surface area contributed by atoms with Gasteiger partial charge in [-0.1, -0.05) is 30.3 Å². The van der Waals surface area contributed by atoms with Crippen LogP contribution in [0, 0.1) is 6.92 Å². The second-order valence-electron chi connectivity index (χ2n) is 8.97. The Kier molecular flexibility index (Phi) is 7.51. The van der Waals surface area contributed by atoms with Crippen molar-refractivity contribution in [3.05, 3.63) is 89.6 Å². The molecule has 0 unspecified atom stereocenters. The third kappa shape index (κ3) is 6.25. The molecule has 4 aromatic rings. The Morgan fingerprint density at radius 3 is 2.53 bits per heavy atom. The molecule has 9 heteroatoms. The molecule has 1 fully saturated rings. The standard InChI is InChI=1S/C27H30N8O/c1-19-3-2-4-23(31-19)27-30-12-10-25(34-27)32-24-9-11-29-26(33-24)15-20-5-7-21(8-6-20)16-35-14-13-28-22(17-35)18-36/h2-12,22,28,36H,13-18H2,1H3,(H,29,30,32,33,34)/t22-/m0/s1. The van der Waals surface area contributed by atoms with Gasteiger partial charge >= 0.3 is 0 Å². The second-order valence-corrected chi connectivity index (χ2v) is 8.97. The molecule has 0 radical (unpaired) electrons. The van der Waals surface area contributed by atoms with Crippen LogP contribution in [0.4, 0.5) is 11.6 Å². The fourth-order valence-corrected chi connectivity index (χ4v) is 4.27. The Labute approximate surface area is 210 Å². The van der Waals surface area contributed by atoms with Gasteiger partial charge in [0.05, 0.1) is 6.61 Å². The predicted molar refractivity (Wildman–Crippen MR) is 139 cm³/mol. The molecule has 4 heterocycles. The molecule has 1 aromatic carbocycles. The van der Waals surface area contributed by atoms with Crippen molar-refractivity contribution in [1.29, 1.82) is 0 Å². The number of nitrogens with zero attached hydrogens (tertiary/aromatic N) is 6. The predicted octanol–water partition coefficient (Wildman–Crippen LogP) is 2.74. The zero-order valence-electron chi connectivity index (χ0n) is 20.3. The van der Waals surface area contributed by atoms with E-state index in [0.29, 0.717) is 23.9 Å². The molecule has 0 aliphatic carbocycles. The minimum Gasteiger partial charge on any atom is -0.395 e. The number of hydrogen-bond donors (Lipinski definition) is 3. The topological polar surface area (TPSA) is 112 Å². The first-order valence-corrected chi connectivity index (χ1v) is 12.1. The number of aliphatic hydroxyl groups is 1. The van der Waals surface area contributed by atoms with Crippen molar-refractivity contribution in [2.45, 2.75) is 25.9 Å². The third-order valence-corrected chi connectivity index (χ3v) is 6.09. The van der Waals surface area contributed by atoms with Crippen LogP contribution in [0.2, 0.25) is 0 Å². The summed E-state index contributed by atoms with van der Waals surface area (Å²) in [5.41, 5.74) is 4.06. The van der Waals surface area contributed by atoms with Crippen LogP contribution >= 0.6 is 0 Å². The lowest BCUT2D eigenvalue weighted by Crippen LogP contribution is -2.51. The van der Waals surface area contributed by atoms with Crippen LogP contribution in [-0.2, 0) is 13.0 Å². The summed E-state index contributed by atoms with van der Waals surface area (Å²) in [5.74, 6) is 2.62. The van der Waals surface area contributed by atoms with E-state index in [1.165, 1.54) is 5.56 Å². The molecule has 1 saturated heterocycles. The van der Waals surface area contributed by atoms with E-state index in [1.807, 2.05) is 31.2 Å². The van der Waals surface area contributed by atoms with Gasteiger partial charge < -0.3 is 15.7 Å². The van der Waals surface area contributed by atoms with Gasteiger partial charge in [0.25, 0.3) is 0 Å². The van der Waals surface area contributed by atoms with Crippen molar-refractivity contribution in [3.63, 3.8) is 0 Å². The van der Waals surface area contributed by atoms with Crippen molar-refractivity contribution in [2.75, 3.05) is 31.6 Å². The van der Waals surface area contributed by atoms with Crippen molar-refractivity contribution < 1.29 is 5.11 Å². The maximum atomic E-state index is 9.41. The number of aliphatic hydroxyl groups excluding tert-OH is 1. The normalized spacial score (nSPS) is 16.1. The molecule has 0 spiro atoms. The molecule has 5 rings (SSSR count). The molecule has 9 nitrogen and oxygen atoms in total. The van der Waals surface area contributed by atoms with Crippen LogP contribution in [-0.4, -0.2) is 67.2 Å². The van der Waals surface area contributed by atoms with Crippen LogP contribution in [0.15, 0.2) is 67.0 Å². The van der Waals surface area contributed by atoms with Crippen molar-refractivity contribution in [2.24, 2.45) is 0 Å². The minimum absolute atomic E-state index is 0.157. The van der Waals surface area contributed by atoms with Crippen molar-refractivity contribution in [3.8, 4) is 11.5 Å². The highest BCUT2D eigenvalue weighted by atomic mass is 16.3.